The Labute approximate surface area is 160 Å². The van der Waals surface area contributed by atoms with E-state index < -0.39 is 5.97 Å². The van der Waals surface area contributed by atoms with Crippen molar-refractivity contribution in [2.75, 3.05) is 19.0 Å². The summed E-state index contributed by atoms with van der Waals surface area (Å²) in [5.74, 6) is -0.0892. The number of imidazole rings is 1. The van der Waals surface area contributed by atoms with Crippen LogP contribution in [0.5, 0.6) is 5.75 Å². The van der Waals surface area contributed by atoms with Gasteiger partial charge in [0.05, 0.1) is 18.2 Å². The summed E-state index contributed by atoms with van der Waals surface area (Å²) in [6.45, 7) is -0.0210. The first-order valence-corrected chi connectivity index (χ1v) is 8.26. The number of hydrogen-bond acceptors (Lipinski definition) is 6. The number of esters is 1. The minimum atomic E-state index is -0.503. The van der Waals surface area contributed by atoms with E-state index in [1.807, 2.05) is 6.07 Å². The molecule has 1 amide bonds. The van der Waals surface area contributed by atoms with Crippen LogP contribution in [-0.4, -0.2) is 35.6 Å². The van der Waals surface area contributed by atoms with Crippen LogP contribution < -0.4 is 10.1 Å². The molecule has 0 atom stereocenters. The van der Waals surface area contributed by atoms with Crippen LogP contribution in [-0.2, 0) is 9.53 Å². The largest absolute Gasteiger partial charge is 0.479 e. The van der Waals surface area contributed by atoms with Crippen LogP contribution in [0.1, 0.15) is 15.9 Å². The van der Waals surface area contributed by atoms with Gasteiger partial charge in [0.1, 0.15) is 17.3 Å². The second kappa shape index (κ2) is 8.51. The fourth-order valence-electron chi connectivity index (χ4n) is 2.49. The normalized spacial score (nSPS) is 10.6. The molecule has 0 aliphatic carbocycles. The maximum absolute atomic E-state index is 12.1. The molecule has 1 aromatic heterocycles. The molecule has 140 valence electrons. The Bertz CT molecular complexity index is 1080. The first kappa shape index (κ1) is 18.7. The van der Waals surface area contributed by atoms with Gasteiger partial charge in [-0.25, -0.2) is 9.78 Å². The number of ether oxygens (including phenoxy) is 2. The van der Waals surface area contributed by atoms with Crippen molar-refractivity contribution >= 4 is 34.9 Å². The quantitative estimate of drug-likeness (QED) is 0.505. The summed E-state index contributed by atoms with van der Waals surface area (Å²) in [7, 11) is 1.30. The summed E-state index contributed by atoms with van der Waals surface area (Å²) < 4.78 is 9.90. The zero-order valence-corrected chi connectivity index (χ0v) is 14.9. The molecule has 28 heavy (non-hydrogen) atoms. The van der Waals surface area contributed by atoms with E-state index in [4.69, 9.17) is 14.7 Å². The van der Waals surface area contributed by atoms with Crippen LogP contribution in [0.15, 0.2) is 48.5 Å². The highest BCUT2D eigenvalue weighted by Gasteiger charge is 2.14. The summed E-state index contributed by atoms with van der Waals surface area (Å²) in [6, 6.07) is 13.9. The highest BCUT2D eigenvalue weighted by Crippen LogP contribution is 2.19. The lowest BCUT2D eigenvalue weighted by Crippen LogP contribution is -2.09. The maximum Gasteiger partial charge on any atom is 0.340 e. The average molecular weight is 376 g/mol. The van der Waals surface area contributed by atoms with Crippen molar-refractivity contribution in [3.8, 4) is 11.8 Å². The third-order valence-corrected chi connectivity index (χ3v) is 3.77. The Morgan fingerprint density at radius 3 is 2.75 bits per heavy atom. The molecule has 0 saturated heterocycles. The van der Waals surface area contributed by atoms with Crippen LogP contribution >= 0.6 is 0 Å². The first-order chi connectivity index (χ1) is 13.6. The number of H-pyrrole nitrogens is 1. The molecule has 2 N–H and O–H groups in total. The fraction of sp³-hybridized carbons (Fsp3) is 0.100. The van der Waals surface area contributed by atoms with Gasteiger partial charge >= 0.3 is 5.97 Å². The molecule has 0 aliphatic rings. The highest BCUT2D eigenvalue weighted by molar-refractivity contribution is 6.04. The smallest absolute Gasteiger partial charge is 0.340 e. The van der Waals surface area contributed by atoms with Gasteiger partial charge in [-0.1, -0.05) is 18.2 Å². The number of carbonyl (C=O) groups excluding carboxylic acids is 2. The van der Waals surface area contributed by atoms with Crippen LogP contribution in [0, 0.1) is 11.3 Å². The van der Waals surface area contributed by atoms with Crippen molar-refractivity contribution in [1.29, 1.82) is 5.26 Å². The Morgan fingerprint density at radius 2 is 2.04 bits per heavy atom. The van der Waals surface area contributed by atoms with Gasteiger partial charge in [0.2, 0.25) is 5.95 Å². The third-order valence-electron chi connectivity index (χ3n) is 3.77. The van der Waals surface area contributed by atoms with Gasteiger partial charge in [-0.05, 0) is 35.9 Å². The van der Waals surface area contributed by atoms with E-state index in [1.165, 1.54) is 13.2 Å². The molecular formula is C20H16N4O4. The lowest BCUT2D eigenvalue weighted by Gasteiger charge is -2.01. The van der Waals surface area contributed by atoms with Crippen LogP contribution in [0.2, 0.25) is 0 Å². The second-order valence-electron chi connectivity index (χ2n) is 5.62. The van der Waals surface area contributed by atoms with E-state index in [9.17, 15) is 9.59 Å². The Kier molecular flexibility index (Phi) is 5.67. The van der Waals surface area contributed by atoms with E-state index in [-0.39, 0.29) is 18.5 Å². The molecule has 0 bridgehead atoms. The molecule has 0 aliphatic heterocycles. The number of aromatic nitrogens is 2. The van der Waals surface area contributed by atoms with E-state index in [2.05, 4.69) is 15.3 Å². The van der Waals surface area contributed by atoms with Gasteiger partial charge in [0.25, 0.3) is 5.91 Å². The average Bonchev–Trinajstić information content (AvgIpc) is 3.13. The molecule has 3 rings (SSSR count). The van der Waals surface area contributed by atoms with Gasteiger partial charge < -0.3 is 14.5 Å². The summed E-state index contributed by atoms with van der Waals surface area (Å²) in [5, 5.41) is 11.1. The molecule has 0 saturated carbocycles. The molecule has 3 aromatic rings. The number of aromatic amines is 1. The van der Waals surface area contributed by atoms with Crippen LogP contribution in [0.25, 0.3) is 17.1 Å². The number of anilines is 1. The lowest BCUT2D eigenvalue weighted by molar-refractivity contribution is -0.111. The number of para-hydroxylation sites is 1. The monoisotopic (exact) mass is 376 g/mol. The number of amides is 1. The molecule has 0 unspecified atom stereocenters. The number of nitrogens with one attached hydrogen (secondary N) is 2. The van der Waals surface area contributed by atoms with Gasteiger partial charge in [0.15, 0.2) is 6.61 Å². The molecule has 0 spiro atoms. The van der Waals surface area contributed by atoms with E-state index in [0.717, 1.165) is 5.56 Å². The van der Waals surface area contributed by atoms with Gasteiger partial charge in [-0.3, -0.25) is 10.1 Å². The highest BCUT2D eigenvalue weighted by atomic mass is 16.5. The number of rotatable bonds is 6. The van der Waals surface area contributed by atoms with Crippen molar-refractivity contribution in [3.05, 3.63) is 59.7 Å². The van der Waals surface area contributed by atoms with Crippen molar-refractivity contribution in [2.45, 2.75) is 0 Å². The molecular weight excluding hydrogens is 360 g/mol. The van der Waals surface area contributed by atoms with Crippen molar-refractivity contribution in [2.24, 2.45) is 0 Å². The van der Waals surface area contributed by atoms with Gasteiger partial charge in [-0.2, -0.15) is 5.26 Å². The van der Waals surface area contributed by atoms with Gasteiger partial charge in [0, 0.05) is 6.08 Å². The Balaban J connectivity index is 1.68. The predicted molar refractivity (Wildman–Crippen MR) is 103 cm³/mol. The summed E-state index contributed by atoms with van der Waals surface area (Å²) >= 11 is 0. The number of benzene rings is 2. The topological polar surface area (TPSA) is 117 Å². The predicted octanol–water partition coefficient (Wildman–Crippen LogP) is 2.90. The number of fused-ring (bicyclic) bond motifs is 1. The minimum absolute atomic E-state index is 0.0210. The molecule has 1 heterocycles. The van der Waals surface area contributed by atoms with Crippen molar-refractivity contribution < 1.29 is 19.1 Å². The molecule has 8 nitrogen and oxygen atoms in total. The number of hydrogen-bond donors (Lipinski definition) is 2. The lowest BCUT2D eigenvalue weighted by atomic mass is 10.2. The molecule has 8 heteroatoms. The molecule has 2 aromatic carbocycles. The number of nitrogens with zero attached hydrogens (tertiary/aromatic N) is 2. The Morgan fingerprint density at radius 1 is 1.25 bits per heavy atom. The van der Waals surface area contributed by atoms with E-state index in [1.54, 1.807) is 48.5 Å². The number of methoxy groups -OCH3 is 1. The molecule has 0 fully saturated rings. The van der Waals surface area contributed by atoms with Crippen LogP contribution in [0.4, 0.5) is 5.95 Å². The standard InChI is InChI=1S/C20H16N4O4/c1-27-19(26)15-3-2-4-16-18(15)24-20(22-16)23-17(25)10-7-13-5-8-14(9-6-13)28-12-11-21/h2-10H,12H2,1H3,(H2,22,23,24,25). The minimum Gasteiger partial charge on any atom is -0.479 e. The maximum atomic E-state index is 12.1. The van der Waals surface area contributed by atoms with Crippen LogP contribution in [0.3, 0.4) is 0 Å². The number of nitriles is 1. The zero-order chi connectivity index (χ0) is 19.9. The first-order valence-electron chi connectivity index (χ1n) is 8.26. The van der Waals surface area contributed by atoms with Crippen molar-refractivity contribution in [3.63, 3.8) is 0 Å². The zero-order valence-electron chi connectivity index (χ0n) is 14.9. The van der Waals surface area contributed by atoms with Crippen molar-refractivity contribution in [1.82, 2.24) is 9.97 Å². The summed E-state index contributed by atoms with van der Waals surface area (Å²) in [4.78, 5) is 31.1. The fourth-order valence-corrected chi connectivity index (χ4v) is 2.49. The third kappa shape index (κ3) is 4.34. The summed E-state index contributed by atoms with van der Waals surface area (Å²) in [5.41, 5.74) is 2.12. The SMILES string of the molecule is COC(=O)c1cccc2[nH]c(NC(=O)C=Cc3ccc(OCC#N)cc3)nc12. The Hall–Kier alpha value is -4.12. The number of carbonyl (C=O) groups is 2. The second-order valence-corrected chi connectivity index (χ2v) is 5.62. The molecule has 0 radical (unpaired) electrons. The summed E-state index contributed by atoms with van der Waals surface area (Å²) in [6.07, 6.45) is 2.99. The van der Waals surface area contributed by atoms with Gasteiger partial charge in [-0.15, -0.1) is 0 Å². The van der Waals surface area contributed by atoms with E-state index >= 15 is 0 Å². The van der Waals surface area contributed by atoms with E-state index in [0.29, 0.717) is 22.3 Å².